The van der Waals surface area contributed by atoms with Gasteiger partial charge >= 0.3 is 0 Å². The zero-order chi connectivity index (χ0) is 19.0. The SMILES string of the molecule is CCN(C(=O)c1cccc(-c2cnn3ccccc23)c1)[C@@H]1CCS(=O)(=O)C1. The van der Waals surface area contributed by atoms with E-state index in [1.165, 1.54) is 0 Å². The Morgan fingerprint density at radius 1 is 1.26 bits per heavy atom. The standard InChI is InChI=1S/C20H21N3O3S/c1-2-22(17-9-11-27(25,26)14-17)20(24)16-7-5-6-15(12-16)18-13-21-23-10-4-3-8-19(18)23/h3-8,10,12-13,17H,2,9,11,14H2,1H3/t17-/m1/s1. The Kier molecular flexibility index (Phi) is 4.47. The highest BCUT2D eigenvalue weighted by atomic mass is 32.2. The smallest absolute Gasteiger partial charge is 0.254 e. The van der Waals surface area contributed by atoms with Gasteiger partial charge in [-0.15, -0.1) is 0 Å². The first-order valence-corrected chi connectivity index (χ1v) is 10.8. The lowest BCUT2D eigenvalue weighted by Gasteiger charge is -2.27. The fraction of sp³-hybridized carbons (Fsp3) is 0.300. The fourth-order valence-corrected chi connectivity index (χ4v) is 5.46. The molecule has 1 aromatic carbocycles. The second-order valence-electron chi connectivity index (χ2n) is 6.82. The van der Waals surface area contributed by atoms with E-state index in [2.05, 4.69) is 5.10 Å². The van der Waals surface area contributed by atoms with Gasteiger partial charge in [0, 0.05) is 29.9 Å². The molecule has 1 atom stereocenters. The molecule has 0 unspecified atom stereocenters. The number of nitrogens with zero attached hydrogens (tertiary/aromatic N) is 3. The lowest BCUT2D eigenvalue weighted by Crippen LogP contribution is -2.40. The lowest BCUT2D eigenvalue weighted by atomic mass is 10.0. The minimum absolute atomic E-state index is 0.0559. The Balaban J connectivity index is 1.66. The molecule has 6 nitrogen and oxygen atoms in total. The van der Waals surface area contributed by atoms with Gasteiger partial charge in [0.15, 0.2) is 9.84 Å². The molecule has 3 aromatic rings. The van der Waals surface area contributed by atoms with Crippen LogP contribution in [0.4, 0.5) is 0 Å². The van der Waals surface area contributed by atoms with Gasteiger partial charge in [-0.05, 0) is 43.2 Å². The maximum atomic E-state index is 13.1. The highest BCUT2D eigenvalue weighted by Gasteiger charge is 2.34. The Morgan fingerprint density at radius 2 is 2.11 bits per heavy atom. The summed E-state index contributed by atoms with van der Waals surface area (Å²) in [4.78, 5) is 14.7. The Hall–Kier alpha value is -2.67. The summed E-state index contributed by atoms with van der Waals surface area (Å²) in [5.74, 6) is 0.0856. The van der Waals surface area contributed by atoms with Gasteiger partial charge in [-0.25, -0.2) is 12.9 Å². The summed E-state index contributed by atoms with van der Waals surface area (Å²) < 4.78 is 25.4. The average molecular weight is 383 g/mol. The van der Waals surface area contributed by atoms with Crippen molar-refractivity contribution in [3.63, 3.8) is 0 Å². The number of carbonyl (C=O) groups excluding carboxylic acids is 1. The molecule has 1 amide bonds. The van der Waals surface area contributed by atoms with Gasteiger partial charge in [-0.2, -0.15) is 5.10 Å². The van der Waals surface area contributed by atoms with Crippen molar-refractivity contribution in [1.29, 1.82) is 0 Å². The molecule has 4 rings (SSSR count). The molecular formula is C20H21N3O3S. The van der Waals surface area contributed by atoms with Crippen molar-refractivity contribution < 1.29 is 13.2 Å². The monoisotopic (exact) mass is 383 g/mol. The van der Waals surface area contributed by atoms with E-state index in [4.69, 9.17) is 0 Å². The van der Waals surface area contributed by atoms with E-state index in [1.54, 1.807) is 21.7 Å². The van der Waals surface area contributed by atoms with Gasteiger partial charge in [-0.1, -0.05) is 18.2 Å². The van der Waals surface area contributed by atoms with Crippen LogP contribution in [0.3, 0.4) is 0 Å². The summed E-state index contributed by atoms with van der Waals surface area (Å²) in [6.07, 6.45) is 4.18. The molecule has 2 aromatic heterocycles. The van der Waals surface area contributed by atoms with Crippen molar-refractivity contribution in [1.82, 2.24) is 14.5 Å². The largest absolute Gasteiger partial charge is 0.335 e. The molecule has 27 heavy (non-hydrogen) atoms. The molecule has 1 saturated heterocycles. The number of hydrogen-bond acceptors (Lipinski definition) is 4. The van der Waals surface area contributed by atoms with Crippen molar-refractivity contribution >= 4 is 21.3 Å². The summed E-state index contributed by atoms with van der Waals surface area (Å²) in [5, 5.41) is 4.35. The Labute approximate surface area is 158 Å². The number of rotatable bonds is 4. The van der Waals surface area contributed by atoms with Crippen LogP contribution in [-0.4, -0.2) is 52.9 Å². The Bertz CT molecular complexity index is 1100. The van der Waals surface area contributed by atoms with Gasteiger partial charge in [0.25, 0.3) is 5.91 Å². The minimum atomic E-state index is -3.04. The topological polar surface area (TPSA) is 71.8 Å². The van der Waals surface area contributed by atoms with Crippen LogP contribution in [0.5, 0.6) is 0 Å². The van der Waals surface area contributed by atoms with Crippen molar-refractivity contribution in [2.45, 2.75) is 19.4 Å². The number of aromatic nitrogens is 2. The number of carbonyl (C=O) groups is 1. The molecule has 3 heterocycles. The first-order valence-electron chi connectivity index (χ1n) is 9.03. The third-order valence-electron chi connectivity index (χ3n) is 5.10. The number of benzene rings is 1. The molecule has 7 heteroatoms. The van der Waals surface area contributed by atoms with Gasteiger partial charge in [0.2, 0.25) is 0 Å². The van der Waals surface area contributed by atoms with Crippen LogP contribution in [0.2, 0.25) is 0 Å². The van der Waals surface area contributed by atoms with Gasteiger partial charge in [0.05, 0.1) is 23.2 Å². The average Bonchev–Trinajstić information content (AvgIpc) is 3.25. The van der Waals surface area contributed by atoms with Crippen LogP contribution < -0.4 is 0 Å². The molecule has 0 aliphatic carbocycles. The zero-order valence-electron chi connectivity index (χ0n) is 15.1. The van der Waals surface area contributed by atoms with Gasteiger partial charge < -0.3 is 4.90 Å². The number of sulfone groups is 1. The highest BCUT2D eigenvalue weighted by Crippen LogP contribution is 2.26. The first kappa shape index (κ1) is 17.7. The molecule has 0 radical (unpaired) electrons. The van der Waals surface area contributed by atoms with E-state index in [9.17, 15) is 13.2 Å². The molecule has 0 spiro atoms. The maximum Gasteiger partial charge on any atom is 0.254 e. The summed E-state index contributed by atoms with van der Waals surface area (Å²) in [5.41, 5.74) is 3.40. The maximum absolute atomic E-state index is 13.1. The second kappa shape index (κ2) is 6.81. The third-order valence-corrected chi connectivity index (χ3v) is 6.85. The molecule has 1 fully saturated rings. The predicted octanol–water partition coefficient (Wildman–Crippen LogP) is 2.65. The van der Waals surface area contributed by atoms with Crippen molar-refractivity contribution in [2.75, 3.05) is 18.1 Å². The third kappa shape index (κ3) is 3.35. The molecule has 1 aliphatic heterocycles. The second-order valence-corrected chi connectivity index (χ2v) is 9.05. The zero-order valence-corrected chi connectivity index (χ0v) is 15.9. The van der Waals surface area contributed by atoms with E-state index in [-0.39, 0.29) is 23.5 Å². The van der Waals surface area contributed by atoms with Crippen molar-refractivity contribution in [2.24, 2.45) is 0 Å². The summed E-state index contributed by atoms with van der Waals surface area (Å²) in [6, 6.07) is 13.1. The van der Waals surface area contributed by atoms with Gasteiger partial charge in [0.1, 0.15) is 0 Å². The van der Waals surface area contributed by atoms with E-state index >= 15 is 0 Å². The number of hydrogen-bond donors (Lipinski definition) is 0. The molecule has 0 saturated carbocycles. The van der Waals surface area contributed by atoms with E-state index < -0.39 is 9.84 Å². The van der Waals surface area contributed by atoms with Crippen LogP contribution in [0.15, 0.2) is 54.9 Å². The van der Waals surface area contributed by atoms with Crippen LogP contribution in [-0.2, 0) is 9.84 Å². The normalized spacial score (nSPS) is 18.6. The molecule has 0 N–H and O–H groups in total. The van der Waals surface area contributed by atoms with Crippen molar-refractivity contribution in [3.05, 3.63) is 60.4 Å². The van der Waals surface area contributed by atoms with Gasteiger partial charge in [-0.3, -0.25) is 4.79 Å². The van der Waals surface area contributed by atoms with Crippen LogP contribution >= 0.6 is 0 Å². The van der Waals surface area contributed by atoms with Crippen LogP contribution in [0.1, 0.15) is 23.7 Å². The Morgan fingerprint density at radius 3 is 2.85 bits per heavy atom. The molecular weight excluding hydrogens is 362 g/mol. The number of pyridine rings is 1. The summed E-state index contributed by atoms with van der Waals surface area (Å²) in [6.45, 7) is 2.37. The predicted molar refractivity (Wildman–Crippen MR) is 104 cm³/mol. The quantitative estimate of drug-likeness (QED) is 0.694. The van der Waals surface area contributed by atoms with E-state index in [1.807, 2.05) is 49.5 Å². The highest BCUT2D eigenvalue weighted by molar-refractivity contribution is 7.91. The molecule has 0 bridgehead atoms. The minimum Gasteiger partial charge on any atom is -0.335 e. The lowest BCUT2D eigenvalue weighted by molar-refractivity contribution is 0.0708. The first-order chi connectivity index (χ1) is 13.0. The fourth-order valence-electron chi connectivity index (χ4n) is 3.73. The number of fused-ring (bicyclic) bond motifs is 1. The van der Waals surface area contributed by atoms with E-state index in [0.29, 0.717) is 18.5 Å². The summed E-state index contributed by atoms with van der Waals surface area (Å²) in [7, 11) is -3.04. The molecule has 140 valence electrons. The van der Waals surface area contributed by atoms with E-state index in [0.717, 1.165) is 16.6 Å². The molecule has 1 aliphatic rings. The number of amides is 1. The van der Waals surface area contributed by atoms with Crippen LogP contribution in [0.25, 0.3) is 16.6 Å². The van der Waals surface area contributed by atoms with Crippen LogP contribution in [0, 0.1) is 0 Å². The summed E-state index contributed by atoms with van der Waals surface area (Å²) >= 11 is 0. The van der Waals surface area contributed by atoms with Crippen molar-refractivity contribution in [3.8, 4) is 11.1 Å².